The lowest BCUT2D eigenvalue weighted by Crippen LogP contribution is -2.34. The van der Waals surface area contributed by atoms with E-state index < -0.39 is 6.10 Å². The lowest BCUT2D eigenvalue weighted by atomic mass is 10.1. The second kappa shape index (κ2) is 6.19. The molecule has 17 heavy (non-hydrogen) atoms. The minimum atomic E-state index is -0.463. The van der Waals surface area contributed by atoms with E-state index in [-0.39, 0.29) is 22.3 Å². The molecule has 0 saturated carbocycles. The van der Waals surface area contributed by atoms with Crippen LogP contribution in [-0.4, -0.2) is 28.1 Å². The van der Waals surface area contributed by atoms with Crippen LogP contribution in [0.25, 0.3) is 0 Å². The highest BCUT2D eigenvalue weighted by Crippen LogP contribution is 2.14. The fourth-order valence-electron chi connectivity index (χ4n) is 1.47. The first kappa shape index (κ1) is 14.2. The fourth-order valence-corrected chi connectivity index (χ4v) is 1.93. The van der Waals surface area contributed by atoms with E-state index in [4.69, 9.17) is 23.2 Å². The van der Waals surface area contributed by atoms with E-state index in [9.17, 15) is 9.90 Å². The number of aromatic nitrogens is 1. The second-order valence-corrected chi connectivity index (χ2v) is 4.73. The van der Waals surface area contributed by atoms with Crippen molar-refractivity contribution in [3.63, 3.8) is 0 Å². The first-order chi connectivity index (χ1) is 7.88. The van der Waals surface area contributed by atoms with Crippen LogP contribution < -0.4 is 5.32 Å². The highest BCUT2D eigenvalue weighted by atomic mass is 35.5. The normalized spacial score (nSPS) is 14.2. The molecule has 0 aliphatic heterocycles. The maximum Gasteiger partial charge on any atom is 0.251 e. The molecule has 1 heterocycles. The molecule has 1 amide bonds. The Morgan fingerprint density at radius 3 is 2.41 bits per heavy atom. The molecule has 2 N–H and O–H groups in total. The summed E-state index contributed by atoms with van der Waals surface area (Å²) in [6.07, 6.45) is 0.0214. The van der Waals surface area contributed by atoms with E-state index in [2.05, 4.69) is 10.3 Å². The van der Waals surface area contributed by atoms with Crippen molar-refractivity contribution in [2.24, 2.45) is 0 Å². The predicted octanol–water partition coefficient (Wildman–Crippen LogP) is 2.28. The number of carbonyl (C=O) groups is 1. The fraction of sp³-hybridized carbons (Fsp3) is 0.455. The number of nitrogens with one attached hydrogen (secondary N) is 1. The van der Waals surface area contributed by atoms with Crippen molar-refractivity contribution in [3.05, 3.63) is 28.0 Å². The first-order valence-corrected chi connectivity index (χ1v) is 5.96. The van der Waals surface area contributed by atoms with Gasteiger partial charge in [-0.15, -0.1) is 0 Å². The van der Waals surface area contributed by atoms with Crippen LogP contribution in [0.5, 0.6) is 0 Å². The van der Waals surface area contributed by atoms with Crippen LogP contribution in [0.15, 0.2) is 12.1 Å². The van der Waals surface area contributed by atoms with E-state index >= 15 is 0 Å². The molecule has 0 spiro atoms. The predicted molar refractivity (Wildman–Crippen MR) is 67.5 cm³/mol. The smallest absolute Gasteiger partial charge is 0.251 e. The summed E-state index contributed by atoms with van der Waals surface area (Å²) in [7, 11) is 0. The van der Waals surface area contributed by atoms with E-state index in [1.807, 2.05) is 6.92 Å². The lowest BCUT2D eigenvalue weighted by molar-refractivity contribution is 0.0923. The third-order valence-electron chi connectivity index (χ3n) is 2.10. The highest BCUT2D eigenvalue weighted by molar-refractivity contribution is 6.33. The van der Waals surface area contributed by atoms with E-state index in [0.717, 1.165) is 0 Å². The van der Waals surface area contributed by atoms with Crippen molar-refractivity contribution in [1.29, 1.82) is 0 Å². The SMILES string of the molecule is CC(O)CC(C)NC(=O)c1cc(Cl)nc(Cl)c1. The zero-order chi connectivity index (χ0) is 13.0. The maximum absolute atomic E-state index is 11.8. The summed E-state index contributed by atoms with van der Waals surface area (Å²) in [4.78, 5) is 15.6. The van der Waals surface area contributed by atoms with Crippen LogP contribution in [0.3, 0.4) is 0 Å². The number of aliphatic hydroxyl groups is 1. The molecule has 0 bridgehead atoms. The minimum Gasteiger partial charge on any atom is -0.393 e. The largest absolute Gasteiger partial charge is 0.393 e. The van der Waals surface area contributed by atoms with Crippen LogP contribution in [0.4, 0.5) is 0 Å². The minimum absolute atomic E-state index is 0.131. The monoisotopic (exact) mass is 276 g/mol. The number of amides is 1. The molecule has 1 aromatic rings. The average molecular weight is 277 g/mol. The average Bonchev–Trinajstić information content (AvgIpc) is 2.14. The number of halogens is 2. The van der Waals surface area contributed by atoms with Gasteiger partial charge in [-0.3, -0.25) is 4.79 Å². The standard InChI is InChI=1S/C11H14Cl2N2O2/c1-6(3-7(2)16)14-11(17)8-4-9(12)15-10(13)5-8/h4-7,16H,3H2,1-2H3,(H,14,17). The van der Waals surface area contributed by atoms with Gasteiger partial charge in [-0.25, -0.2) is 4.98 Å². The third kappa shape index (κ3) is 4.89. The Labute approximate surface area is 110 Å². The van der Waals surface area contributed by atoms with Gasteiger partial charge >= 0.3 is 0 Å². The summed E-state index contributed by atoms with van der Waals surface area (Å²) in [5.74, 6) is -0.288. The Morgan fingerprint density at radius 2 is 1.94 bits per heavy atom. The Morgan fingerprint density at radius 1 is 1.41 bits per heavy atom. The lowest BCUT2D eigenvalue weighted by Gasteiger charge is -2.15. The number of pyridine rings is 1. The summed E-state index contributed by atoms with van der Waals surface area (Å²) in [6, 6.07) is 2.75. The Bertz CT molecular complexity index is 390. The summed E-state index contributed by atoms with van der Waals surface area (Å²) in [5.41, 5.74) is 0.354. The summed E-state index contributed by atoms with van der Waals surface area (Å²) in [6.45, 7) is 3.48. The third-order valence-corrected chi connectivity index (χ3v) is 2.48. The molecule has 0 fully saturated rings. The van der Waals surface area contributed by atoms with Crippen LogP contribution in [0.2, 0.25) is 10.3 Å². The van der Waals surface area contributed by atoms with Gasteiger partial charge in [0.05, 0.1) is 6.10 Å². The number of nitrogens with zero attached hydrogens (tertiary/aromatic N) is 1. The van der Waals surface area contributed by atoms with Gasteiger partial charge in [-0.1, -0.05) is 23.2 Å². The van der Waals surface area contributed by atoms with Crippen molar-refractivity contribution >= 4 is 29.1 Å². The molecule has 4 nitrogen and oxygen atoms in total. The number of rotatable bonds is 4. The summed E-state index contributed by atoms with van der Waals surface area (Å²) >= 11 is 11.4. The zero-order valence-corrected chi connectivity index (χ0v) is 11.1. The molecular weight excluding hydrogens is 263 g/mol. The molecule has 0 saturated heterocycles. The highest BCUT2D eigenvalue weighted by Gasteiger charge is 2.13. The van der Waals surface area contributed by atoms with Crippen LogP contribution >= 0.6 is 23.2 Å². The number of hydrogen-bond donors (Lipinski definition) is 2. The van der Waals surface area contributed by atoms with Gasteiger partial charge in [0, 0.05) is 11.6 Å². The van der Waals surface area contributed by atoms with Crippen LogP contribution in [0.1, 0.15) is 30.6 Å². The number of hydrogen-bond acceptors (Lipinski definition) is 3. The van der Waals surface area contributed by atoms with Crippen molar-refractivity contribution in [3.8, 4) is 0 Å². The van der Waals surface area contributed by atoms with Gasteiger partial charge in [0.1, 0.15) is 10.3 Å². The molecular formula is C11H14Cl2N2O2. The molecule has 0 aliphatic rings. The Balaban J connectivity index is 2.69. The molecule has 1 aromatic heterocycles. The molecule has 0 aromatic carbocycles. The molecule has 0 radical (unpaired) electrons. The van der Waals surface area contributed by atoms with Gasteiger partial charge in [-0.05, 0) is 32.4 Å². The van der Waals surface area contributed by atoms with Crippen LogP contribution in [-0.2, 0) is 0 Å². The van der Waals surface area contributed by atoms with Crippen molar-refractivity contribution in [1.82, 2.24) is 10.3 Å². The quantitative estimate of drug-likeness (QED) is 0.830. The van der Waals surface area contributed by atoms with Gasteiger partial charge in [0.15, 0.2) is 0 Å². The van der Waals surface area contributed by atoms with Gasteiger partial charge in [-0.2, -0.15) is 0 Å². The van der Waals surface area contributed by atoms with Gasteiger partial charge in [0.25, 0.3) is 5.91 Å². The summed E-state index contributed by atoms with van der Waals surface area (Å²) < 4.78 is 0. The van der Waals surface area contributed by atoms with Gasteiger partial charge < -0.3 is 10.4 Å². The molecule has 2 unspecified atom stereocenters. The van der Waals surface area contributed by atoms with Crippen molar-refractivity contribution in [2.75, 3.05) is 0 Å². The Kier molecular flexibility index (Phi) is 5.18. The topological polar surface area (TPSA) is 62.2 Å². The number of aliphatic hydroxyl groups excluding tert-OH is 1. The summed E-state index contributed by atoms with van der Waals surface area (Å²) in [5, 5.41) is 12.3. The molecule has 6 heteroatoms. The molecule has 94 valence electrons. The zero-order valence-electron chi connectivity index (χ0n) is 9.58. The van der Waals surface area contributed by atoms with E-state index in [0.29, 0.717) is 12.0 Å². The van der Waals surface area contributed by atoms with Crippen molar-refractivity contribution in [2.45, 2.75) is 32.4 Å². The molecule has 2 atom stereocenters. The van der Waals surface area contributed by atoms with Crippen LogP contribution in [0, 0.1) is 0 Å². The van der Waals surface area contributed by atoms with E-state index in [1.54, 1.807) is 6.92 Å². The van der Waals surface area contributed by atoms with Crippen molar-refractivity contribution < 1.29 is 9.90 Å². The van der Waals surface area contributed by atoms with Gasteiger partial charge in [0.2, 0.25) is 0 Å². The molecule has 0 aliphatic carbocycles. The molecule has 1 rings (SSSR count). The second-order valence-electron chi connectivity index (χ2n) is 3.96. The van der Waals surface area contributed by atoms with E-state index in [1.165, 1.54) is 12.1 Å². The number of carbonyl (C=O) groups excluding carboxylic acids is 1. The first-order valence-electron chi connectivity index (χ1n) is 5.20. The Hall–Kier alpha value is -0.840. The maximum atomic E-state index is 11.8.